The molecule has 1 aromatic carbocycles. The standard InChI is InChI=1S/C13H21NO/c1-10(2)11-6-7-12(9-14(3)4)13(8-11)15-5/h6-8,10H,9H2,1-5H3. The molecule has 84 valence electrons. The molecule has 2 nitrogen and oxygen atoms in total. The van der Waals surface area contributed by atoms with Crippen LogP contribution in [-0.2, 0) is 6.54 Å². The number of hydrogen-bond acceptors (Lipinski definition) is 2. The van der Waals surface area contributed by atoms with Gasteiger partial charge in [0.25, 0.3) is 0 Å². The number of methoxy groups -OCH3 is 1. The molecule has 0 aliphatic rings. The number of benzene rings is 1. The van der Waals surface area contributed by atoms with Crippen LogP contribution in [0.2, 0.25) is 0 Å². The van der Waals surface area contributed by atoms with Gasteiger partial charge < -0.3 is 9.64 Å². The normalized spacial score (nSPS) is 11.1. The lowest BCUT2D eigenvalue weighted by atomic mass is 10.0. The maximum atomic E-state index is 5.41. The van der Waals surface area contributed by atoms with Crippen molar-refractivity contribution in [1.82, 2.24) is 4.90 Å². The van der Waals surface area contributed by atoms with Crippen molar-refractivity contribution < 1.29 is 4.74 Å². The molecule has 0 N–H and O–H groups in total. The Labute approximate surface area is 92.9 Å². The summed E-state index contributed by atoms with van der Waals surface area (Å²) in [5, 5.41) is 0. The van der Waals surface area contributed by atoms with Crippen LogP contribution in [0.15, 0.2) is 18.2 Å². The van der Waals surface area contributed by atoms with Gasteiger partial charge in [-0.15, -0.1) is 0 Å². The van der Waals surface area contributed by atoms with Crippen molar-refractivity contribution in [3.8, 4) is 5.75 Å². The van der Waals surface area contributed by atoms with Crippen molar-refractivity contribution >= 4 is 0 Å². The Morgan fingerprint density at radius 1 is 1.27 bits per heavy atom. The fraction of sp³-hybridized carbons (Fsp3) is 0.538. The second-order valence-electron chi connectivity index (χ2n) is 4.46. The predicted octanol–water partition coefficient (Wildman–Crippen LogP) is 2.88. The summed E-state index contributed by atoms with van der Waals surface area (Å²) in [7, 11) is 5.87. The minimum absolute atomic E-state index is 0.548. The van der Waals surface area contributed by atoms with E-state index in [9.17, 15) is 0 Å². The minimum atomic E-state index is 0.548. The Morgan fingerprint density at radius 3 is 2.40 bits per heavy atom. The first-order chi connectivity index (χ1) is 7.04. The lowest BCUT2D eigenvalue weighted by Crippen LogP contribution is -2.11. The number of ether oxygens (including phenoxy) is 1. The van der Waals surface area contributed by atoms with Gasteiger partial charge >= 0.3 is 0 Å². The molecule has 1 rings (SSSR count). The predicted molar refractivity (Wildman–Crippen MR) is 64.5 cm³/mol. The molecule has 0 radical (unpaired) electrons. The number of nitrogens with zero attached hydrogens (tertiary/aromatic N) is 1. The lowest BCUT2D eigenvalue weighted by Gasteiger charge is -2.15. The highest BCUT2D eigenvalue weighted by Gasteiger charge is 2.07. The third kappa shape index (κ3) is 3.24. The highest BCUT2D eigenvalue weighted by atomic mass is 16.5. The van der Waals surface area contributed by atoms with Crippen molar-refractivity contribution in [2.24, 2.45) is 0 Å². The molecule has 0 saturated carbocycles. The second kappa shape index (κ2) is 5.17. The van der Waals surface area contributed by atoms with Crippen LogP contribution < -0.4 is 4.74 Å². The van der Waals surface area contributed by atoms with E-state index in [1.54, 1.807) is 7.11 Å². The van der Waals surface area contributed by atoms with Gasteiger partial charge in [0.15, 0.2) is 0 Å². The summed E-state index contributed by atoms with van der Waals surface area (Å²) in [5.74, 6) is 1.54. The maximum Gasteiger partial charge on any atom is 0.123 e. The molecule has 0 amide bonds. The summed E-state index contributed by atoms with van der Waals surface area (Å²) in [6.07, 6.45) is 0. The molecule has 0 atom stereocenters. The molecular weight excluding hydrogens is 186 g/mol. The largest absolute Gasteiger partial charge is 0.496 e. The van der Waals surface area contributed by atoms with Crippen LogP contribution in [-0.4, -0.2) is 26.1 Å². The first kappa shape index (κ1) is 12.1. The lowest BCUT2D eigenvalue weighted by molar-refractivity contribution is 0.371. The zero-order chi connectivity index (χ0) is 11.4. The molecule has 0 bridgehead atoms. The molecular formula is C13H21NO. The smallest absolute Gasteiger partial charge is 0.123 e. The monoisotopic (exact) mass is 207 g/mol. The SMILES string of the molecule is COc1cc(C(C)C)ccc1CN(C)C. The number of hydrogen-bond donors (Lipinski definition) is 0. The molecule has 15 heavy (non-hydrogen) atoms. The Bertz CT molecular complexity index is 318. The van der Waals surface area contributed by atoms with Gasteiger partial charge in [0.05, 0.1) is 7.11 Å². The zero-order valence-corrected chi connectivity index (χ0v) is 10.4. The number of rotatable bonds is 4. The van der Waals surface area contributed by atoms with Crippen molar-refractivity contribution in [3.05, 3.63) is 29.3 Å². The van der Waals surface area contributed by atoms with Gasteiger partial charge in [0.1, 0.15) is 5.75 Å². The third-order valence-corrected chi connectivity index (χ3v) is 2.46. The average Bonchev–Trinajstić information content (AvgIpc) is 2.17. The van der Waals surface area contributed by atoms with E-state index >= 15 is 0 Å². The molecule has 0 fully saturated rings. The van der Waals surface area contributed by atoms with Gasteiger partial charge in [0, 0.05) is 12.1 Å². The fourth-order valence-electron chi connectivity index (χ4n) is 1.59. The van der Waals surface area contributed by atoms with E-state index < -0.39 is 0 Å². The van der Waals surface area contributed by atoms with E-state index in [1.807, 2.05) is 0 Å². The van der Waals surface area contributed by atoms with E-state index in [0.717, 1.165) is 12.3 Å². The van der Waals surface area contributed by atoms with Gasteiger partial charge in [-0.25, -0.2) is 0 Å². The van der Waals surface area contributed by atoms with E-state index in [1.165, 1.54) is 11.1 Å². The molecule has 0 aromatic heterocycles. The first-order valence-corrected chi connectivity index (χ1v) is 5.36. The summed E-state index contributed by atoms with van der Waals surface area (Å²) < 4.78 is 5.41. The molecule has 0 aliphatic carbocycles. The summed E-state index contributed by atoms with van der Waals surface area (Å²) in [6, 6.07) is 6.49. The van der Waals surface area contributed by atoms with Crippen molar-refractivity contribution in [2.45, 2.75) is 26.3 Å². The first-order valence-electron chi connectivity index (χ1n) is 5.36. The van der Waals surface area contributed by atoms with Crippen LogP contribution in [0.25, 0.3) is 0 Å². The molecule has 2 heteroatoms. The Hall–Kier alpha value is -1.02. The molecule has 0 unspecified atom stereocenters. The molecule has 0 heterocycles. The van der Waals surface area contributed by atoms with E-state index in [4.69, 9.17) is 4.74 Å². The average molecular weight is 207 g/mol. The van der Waals surface area contributed by atoms with Gasteiger partial charge in [-0.3, -0.25) is 0 Å². The maximum absolute atomic E-state index is 5.41. The van der Waals surface area contributed by atoms with Crippen LogP contribution in [0.4, 0.5) is 0 Å². The molecule has 1 aromatic rings. The summed E-state index contributed by atoms with van der Waals surface area (Å²) in [5.41, 5.74) is 2.57. The van der Waals surface area contributed by atoms with Gasteiger partial charge in [-0.05, 0) is 31.6 Å². The van der Waals surface area contributed by atoms with Gasteiger partial charge in [0.2, 0.25) is 0 Å². The Kier molecular flexibility index (Phi) is 4.15. The van der Waals surface area contributed by atoms with Crippen molar-refractivity contribution in [3.63, 3.8) is 0 Å². The summed E-state index contributed by atoms with van der Waals surface area (Å²) in [6.45, 7) is 5.31. The Morgan fingerprint density at radius 2 is 1.93 bits per heavy atom. The molecule has 0 saturated heterocycles. The highest BCUT2D eigenvalue weighted by Crippen LogP contribution is 2.25. The van der Waals surface area contributed by atoms with Crippen molar-refractivity contribution in [2.75, 3.05) is 21.2 Å². The molecule has 0 aliphatic heterocycles. The van der Waals surface area contributed by atoms with Crippen LogP contribution in [0.3, 0.4) is 0 Å². The highest BCUT2D eigenvalue weighted by molar-refractivity contribution is 5.38. The third-order valence-electron chi connectivity index (χ3n) is 2.46. The van der Waals surface area contributed by atoms with E-state index in [2.05, 4.69) is 51.0 Å². The second-order valence-corrected chi connectivity index (χ2v) is 4.46. The van der Waals surface area contributed by atoms with Gasteiger partial charge in [-0.2, -0.15) is 0 Å². The summed E-state index contributed by atoms with van der Waals surface area (Å²) in [4.78, 5) is 2.15. The van der Waals surface area contributed by atoms with Crippen LogP contribution in [0.1, 0.15) is 30.9 Å². The van der Waals surface area contributed by atoms with Crippen molar-refractivity contribution in [1.29, 1.82) is 0 Å². The topological polar surface area (TPSA) is 12.5 Å². The minimum Gasteiger partial charge on any atom is -0.496 e. The van der Waals surface area contributed by atoms with E-state index in [0.29, 0.717) is 5.92 Å². The quantitative estimate of drug-likeness (QED) is 0.752. The van der Waals surface area contributed by atoms with E-state index in [-0.39, 0.29) is 0 Å². The van der Waals surface area contributed by atoms with Crippen LogP contribution in [0, 0.1) is 0 Å². The molecule has 0 spiro atoms. The van der Waals surface area contributed by atoms with Gasteiger partial charge in [-0.1, -0.05) is 26.0 Å². The fourth-order valence-corrected chi connectivity index (χ4v) is 1.59. The zero-order valence-electron chi connectivity index (χ0n) is 10.4. The Balaban J connectivity index is 2.98. The van der Waals surface area contributed by atoms with Crippen LogP contribution in [0.5, 0.6) is 5.75 Å². The summed E-state index contributed by atoms with van der Waals surface area (Å²) >= 11 is 0. The van der Waals surface area contributed by atoms with Crippen LogP contribution >= 0.6 is 0 Å².